The van der Waals surface area contributed by atoms with Gasteiger partial charge in [0.1, 0.15) is 6.04 Å². The van der Waals surface area contributed by atoms with Gasteiger partial charge in [-0.1, -0.05) is 6.92 Å². The third-order valence-electron chi connectivity index (χ3n) is 5.30. The zero-order valence-corrected chi connectivity index (χ0v) is 13.6. The van der Waals surface area contributed by atoms with E-state index >= 15 is 0 Å². The molecule has 2 atom stereocenters. The minimum Gasteiger partial charge on any atom is -0.339 e. The zero-order chi connectivity index (χ0) is 15.5. The lowest BCUT2D eigenvalue weighted by molar-refractivity contribution is -0.143. The molecule has 3 rings (SSSR count). The van der Waals surface area contributed by atoms with Crippen LogP contribution in [-0.2, 0) is 9.59 Å². The molecule has 0 aliphatic carbocycles. The number of piperazine rings is 1. The molecule has 2 amide bonds. The van der Waals surface area contributed by atoms with Crippen molar-refractivity contribution in [3.63, 3.8) is 0 Å². The van der Waals surface area contributed by atoms with Gasteiger partial charge in [0.2, 0.25) is 11.8 Å². The molecule has 3 fully saturated rings. The molecule has 3 aliphatic rings. The highest BCUT2D eigenvalue weighted by molar-refractivity contribution is 5.88. The van der Waals surface area contributed by atoms with E-state index in [1.165, 1.54) is 0 Å². The molecule has 0 saturated carbocycles. The van der Waals surface area contributed by atoms with Gasteiger partial charge in [-0.25, -0.2) is 0 Å². The second-order valence-electron chi connectivity index (χ2n) is 6.63. The molecule has 0 aromatic carbocycles. The van der Waals surface area contributed by atoms with Crippen molar-refractivity contribution in [2.45, 2.75) is 44.7 Å². The molecule has 2 unspecified atom stereocenters. The van der Waals surface area contributed by atoms with Crippen LogP contribution in [-0.4, -0.2) is 84.4 Å². The molecule has 0 radical (unpaired) electrons. The average Bonchev–Trinajstić information content (AvgIpc) is 3.19. The summed E-state index contributed by atoms with van der Waals surface area (Å²) < 4.78 is 0. The Morgan fingerprint density at radius 2 is 2.05 bits per heavy atom. The van der Waals surface area contributed by atoms with E-state index in [-0.39, 0.29) is 17.9 Å². The van der Waals surface area contributed by atoms with Crippen LogP contribution in [0.1, 0.15) is 32.6 Å². The number of rotatable bonds is 4. The molecule has 0 aromatic rings. The zero-order valence-electron chi connectivity index (χ0n) is 13.6. The molecule has 6 heteroatoms. The predicted molar refractivity (Wildman–Crippen MR) is 84.5 cm³/mol. The number of likely N-dealkylation sites (tertiary alicyclic amines) is 2. The van der Waals surface area contributed by atoms with Crippen molar-refractivity contribution >= 4 is 11.8 Å². The first kappa shape index (κ1) is 15.7. The molecule has 6 nitrogen and oxygen atoms in total. The number of amides is 2. The maximum Gasteiger partial charge on any atom is 0.245 e. The fourth-order valence-electron chi connectivity index (χ4n) is 4.02. The van der Waals surface area contributed by atoms with Gasteiger partial charge in [0.25, 0.3) is 0 Å². The Bertz CT molecular complexity index is 422. The highest BCUT2D eigenvalue weighted by Gasteiger charge is 2.37. The van der Waals surface area contributed by atoms with Gasteiger partial charge in [-0.05, 0) is 19.3 Å². The van der Waals surface area contributed by atoms with E-state index in [2.05, 4.69) is 10.2 Å². The lowest BCUT2D eigenvalue weighted by atomic mass is 10.1. The van der Waals surface area contributed by atoms with E-state index in [0.717, 1.165) is 65.1 Å². The van der Waals surface area contributed by atoms with Gasteiger partial charge in [-0.2, -0.15) is 0 Å². The van der Waals surface area contributed by atoms with Crippen molar-refractivity contribution in [2.75, 3.05) is 45.8 Å². The van der Waals surface area contributed by atoms with Crippen LogP contribution in [0.2, 0.25) is 0 Å². The number of nitrogens with one attached hydrogen (secondary N) is 1. The smallest absolute Gasteiger partial charge is 0.245 e. The van der Waals surface area contributed by atoms with Crippen LogP contribution in [0.3, 0.4) is 0 Å². The summed E-state index contributed by atoms with van der Waals surface area (Å²) in [6, 6.07) is 0.259. The van der Waals surface area contributed by atoms with Gasteiger partial charge < -0.3 is 15.1 Å². The van der Waals surface area contributed by atoms with Gasteiger partial charge in [0.05, 0.1) is 0 Å². The number of hydrogen-bond acceptors (Lipinski definition) is 4. The number of nitrogens with zero attached hydrogens (tertiary/aromatic N) is 3. The first-order valence-corrected chi connectivity index (χ1v) is 8.73. The van der Waals surface area contributed by atoms with Crippen LogP contribution in [0, 0.1) is 0 Å². The topological polar surface area (TPSA) is 55.9 Å². The van der Waals surface area contributed by atoms with Gasteiger partial charge in [0.15, 0.2) is 0 Å². The summed E-state index contributed by atoms with van der Waals surface area (Å²) in [4.78, 5) is 31.1. The third kappa shape index (κ3) is 3.13. The van der Waals surface area contributed by atoms with Crippen LogP contribution in [0.15, 0.2) is 0 Å². The number of carbonyl (C=O) groups is 2. The van der Waals surface area contributed by atoms with Crippen LogP contribution in [0.5, 0.6) is 0 Å². The van der Waals surface area contributed by atoms with E-state index in [0.29, 0.717) is 12.5 Å². The molecule has 0 spiro atoms. The molecule has 0 aromatic heterocycles. The quantitative estimate of drug-likeness (QED) is 0.788. The first-order valence-electron chi connectivity index (χ1n) is 8.73. The van der Waals surface area contributed by atoms with E-state index in [4.69, 9.17) is 0 Å². The summed E-state index contributed by atoms with van der Waals surface area (Å²) in [6.45, 7) is 8.68. The molecular weight excluding hydrogens is 280 g/mol. The summed E-state index contributed by atoms with van der Waals surface area (Å²) in [6.07, 6.45) is 3.29. The van der Waals surface area contributed by atoms with E-state index in [1.54, 1.807) is 4.90 Å². The second-order valence-corrected chi connectivity index (χ2v) is 6.63. The van der Waals surface area contributed by atoms with Crippen molar-refractivity contribution in [1.82, 2.24) is 20.0 Å². The standard InChI is InChI=1S/C16H28N4O2/c1-2-14(20-8-3-4-15(20)21)16(22)19-9-5-13(12-19)18-10-6-17-7-11-18/h13-14,17H,2-12H2,1H3. The van der Waals surface area contributed by atoms with Crippen LogP contribution in [0.25, 0.3) is 0 Å². The average molecular weight is 308 g/mol. The monoisotopic (exact) mass is 308 g/mol. The highest BCUT2D eigenvalue weighted by Crippen LogP contribution is 2.22. The molecule has 124 valence electrons. The summed E-state index contributed by atoms with van der Waals surface area (Å²) in [7, 11) is 0. The fourth-order valence-corrected chi connectivity index (χ4v) is 4.02. The normalized spacial score (nSPS) is 28.4. The maximum absolute atomic E-state index is 12.8. The van der Waals surface area contributed by atoms with E-state index < -0.39 is 0 Å². The summed E-state index contributed by atoms with van der Waals surface area (Å²) in [5.41, 5.74) is 0. The van der Waals surface area contributed by atoms with Crippen molar-refractivity contribution < 1.29 is 9.59 Å². The SMILES string of the molecule is CCC(C(=O)N1CCC(N2CCNCC2)C1)N1CCCC1=O. The molecule has 1 N–H and O–H groups in total. The van der Waals surface area contributed by atoms with Gasteiger partial charge in [-0.15, -0.1) is 0 Å². The van der Waals surface area contributed by atoms with Gasteiger partial charge in [0, 0.05) is 58.3 Å². The Labute approximate surface area is 132 Å². The maximum atomic E-state index is 12.8. The second kappa shape index (κ2) is 6.96. The van der Waals surface area contributed by atoms with Crippen molar-refractivity contribution in [1.29, 1.82) is 0 Å². The van der Waals surface area contributed by atoms with Gasteiger partial charge >= 0.3 is 0 Å². The van der Waals surface area contributed by atoms with E-state index in [1.807, 2.05) is 11.8 Å². The van der Waals surface area contributed by atoms with Crippen LogP contribution < -0.4 is 5.32 Å². The Morgan fingerprint density at radius 1 is 1.27 bits per heavy atom. The first-order chi connectivity index (χ1) is 10.7. The number of hydrogen-bond donors (Lipinski definition) is 1. The lowest BCUT2D eigenvalue weighted by Crippen LogP contribution is -2.51. The Hall–Kier alpha value is -1.14. The van der Waals surface area contributed by atoms with Crippen LogP contribution in [0.4, 0.5) is 0 Å². The molecule has 0 bridgehead atoms. The molecule has 3 aliphatic heterocycles. The molecular formula is C16H28N4O2. The lowest BCUT2D eigenvalue weighted by Gasteiger charge is -2.33. The Morgan fingerprint density at radius 3 is 2.68 bits per heavy atom. The predicted octanol–water partition coefficient (Wildman–Crippen LogP) is -0.106. The van der Waals surface area contributed by atoms with Crippen LogP contribution >= 0.6 is 0 Å². The highest BCUT2D eigenvalue weighted by atomic mass is 16.2. The van der Waals surface area contributed by atoms with Crippen molar-refractivity contribution in [3.8, 4) is 0 Å². The summed E-state index contributed by atoms with van der Waals surface area (Å²) in [5.74, 6) is 0.313. The number of carbonyl (C=O) groups excluding carboxylic acids is 2. The fraction of sp³-hybridized carbons (Fsp3) is 0.875. The van der Waals surface area contributed by atoms with Gasteiger partial charge in [-0.3, -0.25) is 14.5 Å². The minimum absolute atomic E-state index is 0.151. The largest absolute Gasteiger partial charge is 0.339 e. The summed E-state index contributed by atoms with van der Waals surface area (Å²) in [5, 5.41) is 3.38. The molecule has 22 heavy (non-hydrogen) atoms. The molecule has 3 saturated heterocycles. The third-order valence-corrected chi connectivity index (χ3v) is 5.30. The summed E-state index contributed by atoms with van der Waals surface area (Å²) >= 11 is 0. The Kier molecular flexibility index (Phi) is 4.98. The van der Waals surface area contributed by atoms with E-state index in [9.17, 15) is 9.59 Å². The van der Waals surface area contributed by atoms with Crippen molar-refractivity contribution in [2.24, 2.45) is 0 Å². The Balaban J connectivity index is 1.58. The molecule has 3 heterocycles. The minimum atomic E-state index is -0.239. The van der Waals surface area contributed by atoms with Crippen molar-refractivity contribution in [3.05, 3.63) is 0 Å².